The number of rotatable bonds is 4. The van der Waals surface area contributed by atoms with Gasteiger partial charge in [-0.05, 0) is 23.8 Å². The molecule has 1 aromatic carbocycles. The van der Waals surface area contributed by atoms with E-state index in [0.717, 1.165) is 10.9 Å². The number of nitrogens with zero attached hydrogens (tertiary/aromatic N) is 1. The van der Waals surface area contributed by atoms with Crippen LogP contribution in [0.1, 0.15) is 5.56 Å². The Labute approximate surface area is 118 Å². The van der Waals surface area contributed by atoms with Gasteiger partial charge in [0.1, 0.15) is 0 Å². The molecular weight excluding hydrogens is 293 g/mol. The van der Waals surface area contributed by atoms with Crippen molar-refractivity contribution in [2.45, 2.75) is 18.8 Å². The Morgan fingerprint density at radius 1 is 1.30 bits per heavy atom. The molecule has 1 atom stereocenters. The molecule has 0 aliphatic heterocycles. The zero-order valence-corrected chi connectivity index (χ0v) is 11.0. The van der Waals surface area contributed by atoms with E-state index < -0.39 is 18.8 Å². The normalized spacial score (nSPS) is 13.7. The summed E-state index contributed by atoms with van der Waals surface area (Å²) in [4.78, 5) is 4.18. The molecule has 1 aromatic heterocycles. The predicted molar refractivity (Wildman–Crippen MR) is 70.5 cm³/mol. The summed E-state index contributed by atoms with van der Waals surface area (Å²) in [6, 6.07) is 6.89. The van der Waals surface area contributed by atoms with Crippen molar-refractivity contribution in [3.8, 4) is 0 Å². The van der Waals surface area contributed by atoms with Crippen LogP contribution in [0, 0.1) is 0 Å². The lowest BCUT2D eigenvalue weighted by Crippen LogP contribution is -2.38. The van der Waals surface area contributed by atoms with Gasteiger partial charge in [-0.15, -0.1) is 0 Å². The zero-order valence-electron chi connectivity index (χ0n) is 10.3. The Kier molecular flexibility index (Phi) is 4.47. The van der Waals surface area contributed by atoms with Gasteiger partial charge in [-0.25, -0.2) is 0 Å². The Bertz CT molecular complexity index is 604. The minimum Gasteiger partial charge on any atom is -0.382 e. The quantitative estimate of drug-likeness (QED) is 0.913. The molecule has 0 spiro atoms. The van der Waals surface area contributed by atoms with Crippen molar-refractivity contribution in [2.75, 3.05) is 6.54 Å². The fourth-order valence-corrected chi connectivity index (χ4v) is 2.01. The van der Waals surface area contributed by atoms with Crippen LogP contribution < -0.4 is 5.32 Å². The summed E-state index contributed by atoms with van der Waals surface area (Å²) in [5.41, 5.74) is 1.35. The summed E-state index contributed by atoms with van der Waals surface area (Å²) in [5.74, 6) is 0. The summed E-state index contributed by atoms with van der Waals surface area (Å²) in [6.07, 6.45) is -5.41. The number of aliphatic hydroxyl groups excluding tert-OH is 1. The van der Waals surface area contributed by atoms with Gasteiger partial charge >= 0.3 is 6.18 Å². The maximum absolute atomic E-state index is 12.2. The predicted octanol–water partition coefficient (Wildman–Crippen LogP) is 2.90. The third-order valence-corrected chi connectivity index (χ3v) is 3.16. The summed E-state index contributed by atoms with van der Waals surface area (Å²) < 4.78 is 36.5. The number of halogens is 4. The molecule has 0 bridgehead atoms. The molecule has 0 aliphatic carbocycles. The van der Waals surface area contributed by atoms with Crippen molar-refractivity contribution in [1.82, 2.24) is 10.3 Å². The van der Waals surface area contributed by atoms with Crippen LogP contribution in [0.3, 0.4) is 0 Å². The highest BCUT2D eigenvalue weighted by Gasteiger charge is 2.37. The van der Waals surface area contributed by atoms with Crippen LogP contribution in [-0.4, -0.2) is 28.9 Å². The first kappa shape index (κ1) is 15.0. The van der Waals surface area contributed by atoms with E-state index in [1.54, 1.807) is 30.5 Å². The minimum absolute atomic E-state index is 0.165. The molecular formula is C13H12ClF3N2O. The molecule has 108 valence electrons. The second-order valence-electron chi connectivity index (χ2n) is 4.29. The van der Waals surface area contributed by atoms with Gasteiger partial charge in [-0.1, -0.05) is 17.7 Å². The molecule has 2 rings (SSSR count). The fourth-order valence-electron chi connectivity index (χ4n) is 1.80. The highest BCUT2D eigenvalue weighted by Crippen LogP contribution is 2.25. The van der Waals surface area contributed by atoms with Crippen molar-refractivity contribution < 1.29 is 18.3 Å². The van der Waals surface area contributed by atoms with Crippen molar-refractivity contribution in [3.63, 3.8) is 0 Å². The van der Waals surface area contributed by atoms with Crippen molar-refractivity contribution in [1.29, 1.82) is 0 Å². The van der Waals surface area contributed by atoms with Crippen LogP contribution >= 0.6 is 11.6 Å². The van der Waals surface area contributed by atoms with E-state index in [2.05, 4.69) is 10.3 Å². The van der Waals surface area contributed by atoms with E-state index in [1.165, 1.54) is 0 Å². The van der Waals surface area contributed by atoms with Crippen LogP contribution in [-0.2, 0) is 6.54 Å². The number of aromatic nitrogens is 1. The first-order valence-electron chi connectivity index (χ1n) is 5.87. The number of hydrogen-bond acceptors (Lipinski definition) is 3. The van der Waals surface area contributed by atoms with Crippen molar-refractivity contribution >= 4 is 22.5 Å². The lowest BCUT2D eigenvalue weighted by molar-refractivity contribution is -0.201. The number of alkyl halides is 3. The molecule has 0 fully saturated rings. The summed E-state index contributed by atoms with van der Waals surface area (Å²) >= 11 is 6.02. The first-order valence-corrected chi connectivity index (χ1v) is 6.25. The maximum atomic E-state index is 12.2. The Morgan fingerprint density at radius 3 is 2.75 bits per heavy atom. The topological polar surface area (TPSA) is 45.1 Å². The van der Waals surface area contributed by atoms with Crippen molar-refractivity contribution in [3.05, 3.63) is 41.0 Å². The number of fused-ring (bicyclic) bond motifs is 1. The molecule has 1 unspecified atom stereocenters. The smallest absolute Gasteiger partial charge is 0.382 e. The van der Waals surface area contributed by atoms with Crippen LogP contribution in [0.5, 0.6) is 0 Å². The molecule has 0 aliphatic rings. The van der Waals surface area contributed by atoms with E-state index in [4.69, 9.17) is 16.7 Å². The minimum atomic E-state index is -4.62. The third-order valence-electron chi connectivity index (χ3n) is 2.83. The molecule has 0 saturated carbocycles. The first-order chi connectivity index (χ1) is 9.39. The van der Waals surface area contributed by atoms with Crippen LogP contribution in [0.2, 0.25) is 5.02 Å². The number of aliphatic hydroxyl groups is 1. The Balaban J connectivity index is 2.10. The van der Waals surface area contributed by atoms with Crippen LogP contribution in [0.4, 0.5) is 13.2 Å². The molecule has 1 heterocycles. The standard InChI is InChI=1S/C13H12ClF3N2O/c14-10-4-3-8(12-9(10)2-1-5-19-12)6-18-7-11(20)13(15,16)17/h1-5,11,18,20H,6-7H2. The third kappa shape index (κ3) is 3.39. The highest BCUT2D eigenvalue weighted by atomic mass is 35.5. The maximum Gasteiger partial charge on any atom is 0.415 e. The van der Waals surface area contributed by atoms with E-state index in [0.29, 0.717) is 10.5 Å². The zero-order chi connectivity index (χ0) is 14.8. The van der Waals surface area contributed by atoms with Gasteiger partial charge in [-0.2, -0.15) is 13.2 Å². The monoisotopic (exact) mass is 304 g/mol. The average Bonchev–Trinajstić information content (AvgIpc) is 2.40. The second-order valence-corrected chi connectivity index (χ2v) is 4.70. The van der Waals surface area contributed by atoms with Gasteiger partial charge < -0.3 is 10.4 Å². The van der Waals surface area contributed by atoms with E-state index in [-0.39, 0.29) is 6.54 Å². The summed E-state index contributed by atoms with van der Waals surface area (Å²) in [6.45, 7) is -0.404. The lowest BCUT2D eigenvalue weighted by Gasteiger charge is -2.15. The molecule has 0 saturated heterocycles. The Hall–Kier alpha value is -1.37. The number of benzene rings is 1. The number of nitrogens with one attached hydrogen (secondary N) is 1. The molecule has 3 nitrogen and oxygen atoms in total. The van der Waals surface area contributed by atoms with Crippen molar-refractivity contribution in [2.24, 2.45) is 0 Å². The number of hydrogen-bond donors (Lipinski definition) is 2. The van der Waals surface area contributed by atoms with E-state index in [1.807, 2.05) is 0 Å². The van der Waals surface area contributed by atoms with Gasteiger partial charge in [0.25, 0.3) is 0 Å². The molecule has 0 radical (unpaired) electrons. The SMILES string of the molecule is OC(CNCc1ccc(Cl)c2cccnc12)C(F)(F)F. The molecule has 20 heavy (non-hydrogen) atoms. The molecule has 0 amide bonds. The van der Waals surface area contributed by atoms with Crippen LogP contribution in [0.25, 0.3) is 10.9 Å². The summed E-state index contributed by atoms with van der Waals surface area (Å²) in [7, 11) is 0. The second kappa shape index (κ2) is 5.95. The largest absolute Gasteiger partial charge is 0.415 e. The van der Waals surface area contributed by atoms with Gasteiger partial charge in [0.15, 0.2) is 6.10 Å². The fraction of sp³-hybridized carbons (Fsp3) is 0.308. The van der Waals surface area contributed by atoms with Gasteiger partial charge in [0.2, 0.25) is 0 Å². The lowest BCUT2D eigenvalue weighted by atomic mass is 10.1. The molecule has 7 heteroatoms. The highest BCUT2D eigenvalue weighted by molar-refractivity contribution is 6.35. The van der Waals surface area contributed by atoms with Gasteiger partial charge in [-0.3, -0.25) is 4.98 Å². The average molecular weight is 305 g/mol. The van der Waals surface area contributed by atoms with E-state index in [9.17, 15) is 13.2 Å². The van der Waals surface area contributed by atoms with Crippen LogP contribution in [0.15, 0.2) is 30.5 Å². The Morgan fingerprint density at radius 2 is 2.05 bits per heavy atom. The summed E-state index contributed by atoms with van der Waals surface area (Å²) in [5, 5.41) is 12.7. The van der Waals surface area contributed by atoms with Gasteiger partial charge in [0.05, 0.1) is 5.52 Å². The van der Waals surface area contributed by atoms with E-state index >= 15 is 0 Å². The number of pyridine rings is 1. The molecule has 2 aromatic rings. The molecule has 2 N–H and O–H groups in total. The van der Waals surface area contributed by atoms with Gasteiger partial charge in [0, 0.05) is 29.7 Å².